The summed E-state index contributed by atoms with van der Waals surface area (Å²) in [6.45, 7) is 0.229. The number of nitrogens with one attached hydrogen (secondary N) is 1. The Balaban J connectivity index is 1.88. The third-order valence-electron chi connectivity index (χ3n) is 3.79. The highest BCUT2D eigenvalue weighted by molar-refractivity contribution is 7.89. The number of sulfonamides is 1. The number of carbonyl (C=O) groups excluding carboxylic acids is 3. The molecule has 0 fully saturated rings. The van der Waals surface area contributed by atoms with Gasteiger partial charge in [-0.2, -0.15) is 4.31 Å². The van der Waals surface area contributed by atoms with E-state index in [0.29, 0.717) is 16.3 Å². The number of nitrogens with zero attached hydrogens (tertiary/aromatic N) is 1. The normalized spacial score (nSPS) is 11.2. The average Bonchev–Trinajstić information content (AvgIpc) is 2.67. The van der Waals surface area contributed by atoms with Gasteiger partial charge in [0, 0.05) is 23.3 Å². The van der Waals surface area contributed by atoms with E-state index in [-0.39, 0.29) is 10.7 Å². The van der Waals surface area contributed by atoms with Gasteiger partial charge < -0.3 is 10.1 Å². The van der Waals surface area contributed by atoms with E-state index < -0.39 is 35.1 Å². The van der Waals surface area contributed by atoms with Crippen molar-refractivity contribution in [3.8, 4) is 0 Å². The molecule has 2 rings (SSSR count). The fourth-order valence-electron chi connectivity index (χ4n) is 2.26. The number of benzene rings is 2. The van der Waals surface area contributed by atoms with Crippen LogP contribution < -0.4 is 5.32 Å². The lowest BCUT2D eigenvalue weighted by Gasteiger charge is -2.16. The van der Waals surface area contributed by atoms with Crippen LogP contribution in [-0.2, 0) is 24.3 Å². The number of amides is 1. The van der Waals surface area contributed by atoms with E-state index in [1.54, 1.807) is 18.2 Å². The molecule has 10 heteroatoms. The number of halogens is 1. The molecule has 1 N–H and O–H groups in total. The summed E-state index contributed by atoms with van der Waals surface area (Å²) in [5, 5.41) is 2.87. The molecule has 0 saturated carbocycles. The molecule has 0 aromatic heterocycles. The third kappa shape index (κ3) is 6.38. The van der Waals surface area contributed by atoms with Crippen LogP contribution in [0.15, 0.2) is 53.4 Å². The van der Waals surface area contributed by atoms with Crippen LogP contribution in [0, 0.1) is 0 Å². The molecule has 154 valence electrons. The van der Waals surface area contributed by atoms with Gasteiger partial charge in [-0.3, -0.25) is 14.4 Å². The zero-order valence-corrected chi connectivity index (χ0v) is 17.3. The fraction of sp³-hybridized carbons (Fsp3) is 0.211. The lowest BCUT2D eigenvalue weighted by molar-refractivity contribution is -0.147. The van der Waals surface area contributed by atoms with E-state index in [1.165, 1.54) is 44.3 Å². The molecule has 2 aromatic rings. The van der Waals surface area contributed by atoms with Crippen molar-refractivity contribution in [3.63, 3.8) is 0 Å². The predicted octanol–water partition coefficient (Wildman–Crippen LogP) is 2.34. The van der Waals surface area contributed by atoms with E-state index >= 15 is 0 Å². The Bertz CT molecular complexity index is 1020. The fourth-order valence-corrected chi connectivity index (χ4v) is 3.50. The first-order chi connectivity index (χ1) is 13.6. The van der Waals surface area contributed by atoms with E-state index in [1.807, 2.05) is 0 Å². The van der Waals surface area contributed by atoms with Crippen molar-refractivity contribution in [2.75, 3.05) is 25.5 Å². The van der Waals surface area contributed by atoms with Crippen LogP contribution in [0.1, 0.15) is 17.3 Å². The predicted molar refractivity (Wildman–Crippen MR) is 107 cm³/mol. The van der Waals surface area contributed by atoms with Gasteiger partial charge in [0.05, 0.1) is 4.90 Å². The molecule has 0 aliphatic heterocycles. The topological polar surface area (TPSA) is 110 Å². The second-order valence-corrected chi connectivity index (χ2v) is 8.54. The maximum atomic E-state index is 12.4. The van der Waals surface area contributed by atoms with Gasteiger partial charge >= 0.3 is 5.97 Å². The number of likely N-dealkylation sites (N-methyl/N-ethyl adjacent to an activating group) is 1. The van der Waals surface area contributed by atoms with Crippen molar-refractivity contribution in [1.29, 1.82) is 0 Å². The number of ketones is 1. The lowest BCUT2D eigenvalue weighted by Crippen LogP contribution is -2.34. The molecule has 1 amide bonds. The molecule has 0 bridgehead atoms. The number of Topliss-reactive ketones (excluding diaryl/α,β-unsaturated/α-hetero) is 1. The molecule has 0 aliphatic rings. The largest absolute Gasteiger partial charge is 0.455 e. The van der Waals surface area contributed by atoms with Gasteiger partial charge in [0.1, 0.15) is 6.54 Å². The summed E-state index contributed by atoms with van der Waals surface area (Å²) >= 11 is 5.74. The van der Waals surface area contributed by atoms with E-state index in [2.05, 4.69) is 5.32 Å². The lowest BCUT2D eigenvalue weighted by atomic mass is 10.1. The molecule has 0 aliphatic carbocycles. The van der Waals surface area contributed by atoms with Crippen LogP contribution in [-0.4, -0.2) is 50.6 Å². The van der Waals surface area contributed by atoms with E-state index in [0.717, 1.165) is 4.31 Å². The summed E-state index contributed by atoms with van der Waals surface area (Å²) in [4.78, 5) is 35.2. The van der Waals surface area contributed by atoms with Crippen LogP contribution in [0.2, 0.25) is 5.02 Å². The van der Waals surface area contributed by atoms with Crippen LogP contribution in [0.4, 0.5) is 5.69 Å². The van der Waals surface area contributed by atoms with Gasteiger partial charge in [-0.1, -0.05) is 23.7 Å². The van der Waals surface area contributed by atoms with Gasteiger partial charge in [-0.25, -0.2) is 8.42 Å². The number of hydrogen-bond acceptors (Lipinski definition) is 6. The van der Waals surface area contributed by atoms with Crippen LogP contribution in [0.3, 0.4) is 0 Å². The molecular formula is C19H19ClN2O6S. The van der Waals surface area contributed by atoms with E-state index in [9.17, 15) is 22.8 Å². The summed E-state index contributed by atoms with van der Waals surface area (Å²) in [7, 11) is -2.69. The Hall–Kier alpha value is -2.75. The highest BCUT2D eigenvalue weighted by atomic mass is 35.5. The number of ether oxygens (including phenoxy) is 1. The molecule has 2 aromatic carbocycles. The van der Waals surface area contributed by atoms with Crippen LogP contribution >= 0.6 is 11.6 Å². The number of esters is 1. The van der Waals surface area contributed by atoms with Gasteiger partial charge in [0.25, 0.3) is 5.91 Å². The zero-order chi connectivity index (χ0) is 21.6. The Kier molecular flexibility index (Phi) is 7.49. The molecule has 8 nitrogen and oxygen atoms in total. The first kappa shape index (κ1) is 22.5. The van der Waals surface area contributed by atoms with Crippen LogP contribution in [0.5, 0.6) is 0 Å². The number of anilines is 1. The molecule has 0 heterocycles. The minimum Gasteiger partial charge on any atom is -0.455 e. The summed E-state index contributed by atoms with van der Waals surface area (Å²) in [6.07, 6.45) is 0. The Morgan fingerprint density at radius 1 is 1.10 bits per heavy atom. The first-order valence-corrected chi connectivity index (χ1v) is 10.2. The SMILES string of the molecule is CC(=O)c1cccc(NC(=O)COC(=O)CN(C)S(=O)(=O)c2ccc(Cl)cc2)c1. The summed E-state index contributed by atoms with van der Waals surface area (Å²) in [5.41, 5.74) is 0.801. The maximum Gasteiger partial charge on any atom is 0.321 e. The molecule has 0 radical (unpaired) electrons. The summed E-state index contributed by atoms with van der Waals surface area (Å²) in [5.74, 6) is -1.67. The van der Waals surface area contributed by atoms with Gasteiger partial charge in [-0.05, 0) is 43.3 Å². The van der Waals surface area contributed by atoms with Gasteiger partial charge in [0.2, 0.25) is 10.0 Å². The van der Waals surface area contributed by atoms with Crippen molar-refractivity contribution in [1.82, 2.24) is 4.31 Å². The number of rotatable bonds is 8. The van der Waals surface area contributed by atoms with Gasteiger partial charge in [0.15, 0.2) is 12.4 Å². The average molecular weight is 439 g/mol. The summed E-state index contributed by atoms with van der Waals surface area (Å²) < 4.78 is 30.5. The highest BCUT2D eigenvalue weighted by Gasteiger charge is 2.23. The third-order valence-corrected chi connectivity index (χ3v) is 5.86. The maximum absolute atomic E-state index is 12.4. The Labute approximate surface area is 173 Å². The van der Waals surface area contributed by atoms with Crippen molar-refractivity contribution in [2.45, 2.75) is 11.8 Å². The molecule has 0 spiro atoms. The minimum atomic E-state index is -3.91. The number of carbonyl (C=O) groups is 3. The first-order valence-electron chi connectivity index (χ1n) is 8.38. The molecule has 0 unspecified atom stereocenters. The second-order valence-electron chi connectivity index (χ2n) is 6.06. The van der Waals surface area contributed by atoms with Crippen molar-refractivity contribution < 1.29 is 27.5 Å². The zero-order valence-electron chi connectivity index (χ0n) is 15.7. The smallest absolute Gasteiger partial charge is 0.321 e. The quantitative estimate of drug-likeness (QED) is 0.500. The van der Waals surface area contributed by atoms with Gasteiger partial charge in [-0.15, -0.1) is 0 Å². The standard InChI is InChI=1S/C19H19ClN2O6S/c1-13(23)14-4-3-5-16(10-14)21-18(24)12-28-19(25)11-22(2)29(26,27)17-8-6-15(20)7-9-17/h3-10H,11-12H2,1-2H3,(H,21,24). The Morgan fingerprint density at radius 2 is 1.76 bits per heavy atom. The highest BCUT2D eigenvalue weighted by Crippen LogP contribution is 2.17. The summed E-state index contributed by atoms with van der Waals surface area (Å²) in [6, 6.07) is 11.8. The minimum absolute atomic E-state index is 0.0275. The van der Waals surface area contributed by atoms with Crippen molar-refractivity contribution in [3.05, 3.63) is 59.1 Å². The monoisotopic (exact) mass is 438 g/mol. The number of hydrogen-bond donors (Lipinski definition) is 1. The molecule has 29 heavy (non-hydrogen) atoms. The Morgan fingerprint density at radius 3 is 2.38 bits per heavy atom. The second kappa shape index (κ2) is 9.64. The van der Waals surface area contributed by atoms with Crippen LogP contribution in [0.25, 0.3) is 0 Å². The molecule has 0 saturated heterocycles. The van der Waals surface area contributed by atoms with Crippen molar-refractivity contribution in [2.24, 2.45) is 0 Å². The van der Waals surface area contributed by atoms with Crippen molar-refractivity contribution >= 4 is 45.0 Å². The van der Waals surface area contributed by atoms with E-state index in [4.69, 9.17) is 16.3 Å². The molecular weight excluding hydrogens is 420 g/mol. The molecule has 0 atom stereocenters.